The summed E-state index contributed by atoms with van der Waals surface area (Å²) in [7, 11) is 1.59. The summed E-state index contributed by atoms with van der Waals surface area (Å²) in [6.07, 6.45) is 0.188. The summed E-state index contributed by atoms with van der Waals surface area (Å²) < 4.78 is 10.7. The van der Waals surface area contributed by atoms with Crippen LogP contribution in [0.5, 0.6) is 11.5 Å². The van der Waals surface area contributed by atoms with E-state index in [2.05, 4.69) is 18.7 Å². The number of thiol groups is 1. The second-order valence-electron chi connectivity index (χ2n) is 6.61. The van der Waals surface area contributed by atoms with Gasteiger partial charge in [-0.3, -0.25) is 9.59 Å². The molecule has 3 aliphatic rings. The first kappa shape index (κ1) is 16.1. The van der Waals surface area contributed by atoms with E-state index in [0.717, 1.165) is 5.56 Å². The van der Waals surface area contributed by atoms with Gasteiger partial charge in [-0.2, -0.15) is 5.26 Å². The highest BCUT2D eigenvalue weighted by Gasteiger charge is 2.61. The van der Waals surface area contributed by atoms with Gasteiger partial charge in [0, 0.05) is 13.5 Å². The molecule has 0 aromatic heterocycles. The molecule has 0 spiro atoms. The molecule has 4 atom stereocenters. The van der Waals surface area contributed by atoms with Crippen LogP contribution in [0.1, 0.15) is 24.9 Å². The Bertz CT molecular complexity index is 823. The number of amides is 2. The Morgan fingerprint density at radius 1 is 1.32 bits per heavy atom. The van der Waals surface area contributed by atoms with Crippen molar-refractivity contribution >= 4 is 24.4 Å². The molecular weight excluding hydrogens is 342 g/mol. The molecule has 0 bridgehead atoms. The van der Waals surface area contributed by atoms with E-state index in [1.807, 2.05) is 6.07 Å². The molecule has 0 radical (unpaired) electrons. The molecule has 0 N–H and O–H groups in total. The predicted octanol–water partition coefficient (Wildman–Crippen LogP) is 1.32. The third-order valence-corrected chi connectivity index (χ3v) is 5.89. The highest BCUT2D eigenvalue weighted by atomic mass is 32.1. The molecule has 0 aliphatic carbocycles. The van der Waals surface area contributed by atoms with E-state index in [0.29, 0.717) is 11.5 Å². The third kappa shape index (κ3) is 2.05. The van der Waals surface area contributed by atoms with Crippen LogP contribution >= 0.6 is 12.6 Å². The number of likely N-dealkylation sites (N-methyl/N-ethyl adjacent to an activating group) is 1. The number of benzene rings is 1. The summed E-state index contributed by atoms with van der Waals surface area (Å²) in [6.45, 7) is 1.83. The zero-order chi connectivity index (χ0) is 17.9. The van der Waals surface area contributed by atoms with Gasteiger partial charge in [-0.05, 0) is 24.6 Å². The van der Waals surface area contributed by atoms with E-state index in [9.17, 15) is 14.9 Å². The van der Waals surface area contributed by atoms with Crippen molar-refractivity contribution in [2.75, 3.05) is 13.8 Å². The van der Waals surface area contributed by atoms with Crippen LogP contribution in [0.4, 0.5) is 0 Å². The second-order valence-corrected chi connectivity index (χ2v) is 7.35. The summed E-state index contributed by atoms with van der Waals surface area (Å²) in [5, 5.41) is 9.65. The second kappa shape index (κ2) is 5.30. The lowest BCUT2D eigenvalue weighted by molar-refractivity contribution is -0.161. The molecule has 1 aromatic rings. The first-order chi connectivity index (χ1) is 11.9. The van der Waals surface area contributed by atoms with Crippen LogP contribution in [-0.2, 0) is 9.59 Å². The van der Waals surface area contributed by atoms with Crippen molar-refractivity contribution < 1.29 is 19.1 Å². The molecule has 2 amide bonds. The van der Waals surface area contributed by atoms with Gasteiger partial charge in [-0.15, -0.1) is 12.6 Å². The standard InChI is InChI=1S/C17H17N3O4S/c1-9-15(21)20-14(10-3-4-12-13(5-10)24-8-23-12)11(7-18)6-17(20,25)16(22)19(9)2/h3-5,9,11,14,25H,6,8H2,1-2H3. The molecule has 25 heavy (non-hydrogen) atoms. The summed E-state index contributed by atoms with van der Waals surface area (Å²) in [4.78, 5) is 27.4. The van der Waals surface area contributed by atoms with E-state index in [1.165, 1.54) is 9.80 Å². The summed E-state index contributed by atoms with van der Waals surface area (Å²) >= 11 is 4.57. The van der Waals surface area contributed by atoms with Crippen LogP contribution in [0.3, 0.4) is 0 Å². The fourth-order valence-corrected chi connectivity index (χ4v) is 4.43. The zero-order valence-corrected chi connectivity index (χ0v) is 14.7. The maximum Gasteiger partial charge on any atom is 0.259 e. The Morgan fingerprint density at radius 2 is 2.04 bits per heavy atom. The molecule has 2 saturated heterocycles. The van der Waals surface area contributed by atoms with Gasteiger partial charge in [0.2, 0.25) is 12.7 Å². The Kier molecular flexibility index (Phi) is 3.41. The van der Waals surface area contributed by atoms with Gasteiger partial charge in [0.15, 0.2) is 16.4 Å². The molecule has 3 aliphatic heterocycles. The van der Waals surface area contributed by atoms with Crippen LogP contribution in [0, 0.1) is 17.2 Å². The lowest BCUT2D eigenvalue weighted by Gasteiger charge is -2.46. The van der Waals surface area contributed by atoms with E-state index >= 15 is 0 Å². The summed E-state index contributed by atoms with van der Waals surface area (Å²) in [5.41, 5.74) is 0.740. The van der Waals surface area contributed by atoms with Gasteiger partial charge in [-0.1, -0.05) is 6.07 Å². The Labute approximate surface area is 150 Å². The molecule has 130 valence electrons. The smallest absolute Gasteiger partial charge is 0.259 e. The van der Waals surface area contributed by atoms with Crippen molar-refractivity contribution in [2.24, 2.45) is 5.92 Å². The maximum absolute atomic E-state index is 13.0. The molecular formula is C17H17N3O4S. The fourth-order valence-electron chi connectivity index (χ4n) is 3.86. The van der Waals surface area contributed by atoms with Gasteiger partial charge in [0.05, 0.1) is 18.0 Å². The minimum atomic E-state index is -1.31. The number of hydrogen-bond donors (Lipinski definition) is 1. The number of nitrogens with zero attached hydrogens (tertiary/aromatic N) is 3. The molecule has 4 rings (SSSR count). The van der Waals surface area contributed by atoms with Crippen LogP contribution in [0.2, 0.25) is 0 Å². The third-order valence-electron chi connectivity index (χ3n) is 5.30. The van der Waals surface area contributed by atoms with Gasteiger partial charge < -0.3 is 19.3 Å². The monoisotopic (exact) mass is 359 g/mol. The number of ether oxygens (including phenoxy) is 2. The van der Waals surface area contributed by atoms with E-state index < -0.39 is 22.9 Å². The Morgan fingerprint density at radius 3 is 2.76 bits per heavy atom. The van der Waals surface area contributed by atoms with Crippen LogP contribution in [-0.4, -0.2) is 46.4 Å². The van der Waals surface area contributed by atoms with E-state index in [-0.39, 0.29) is 25.0 Å². The average Bonchev–Trinajstić information content (AvgIpc) is 3.19. The molecule has 1 aromatic carbocycles. The Hall–Kier alpha value is -2.40. The van der Waals surface area contributed by atoms with E-state index in [1.54, 1.807) is 26.1 Å². The summed E-state index contributed by atoms with van der Waals surface area (Å²) in [6, 6.07) is 6.44. The first-order valence-electron chi connectivity index (χ1n) is 8.00. The lowest BCUT2D eigenvalue weighted by atomic mass is 9.94. The molecule has 0 saturated carbocycles. The largest absolute Gasteiger partial charge is 0.454 e. The van der Waals surface area contributed by atoms with Gasteiger partial charge in [-0.25, -0.2) is 0 Å². The molecule has 8 heteroatoms. The van der Waals surface area contributed by atoms with Gasteiger partial charge in [0.25, 0.3) is 5.91 Å². The number of hydrogen-bond acceptors (Lipinski definition) is 6. The van der Waals surface area contributed by atoms with Crippen molar-refractivity contribution in [3.05, 3.63) is 23.8 Å². The van der Waals surface area contributed by atoms with Crippen molar-refractivity contribution in [1.29, 1.82) is 5.26 Å². The SMILES string of the molecule is CC1C(=O)N2C(c3ccc4c(c3)OCO4)C(C#N)CC2(S)C(=O)N1C. The van der Waals surface area contributed by atoms with Gasteiger partial charge in [0.1, 0.15) is 6.04 Å². The van der Waals surface area contributed by atoms with Crippen molar-refractivity contribution in [3.8, 4) is 17.6 Å². The minimum Gasteiger partial charge on any atom is -0.454 e. The number of carbonyl (C=O) groups excluding carboxylic acids is 2. The zero-order valence-electron chi connectivity index (χ0n) is 13.8. The maximum atomic E-state index is 13.0. The van der Waals surface area contributed by atoms with E-state index in [4.69, 9.17) is 9.47 Å². The van der Waals surface area contributed by atoms with Gasteiger partial charge >= 0.3 is 0 Å². The highest BCUT2D eigenvalue weighted by molar-refractivity contribution is 7.82. The average molecular weight is 359 g/mol. The van der Waals surface area contributed by atoms with Crippen LogP contribution in [0.25, 0.3) is 0 Å². The number of fused-ring (bicyclic) bond motifs is 2. The number of nitriles is 1. The van der Waals surface area contributed by atoms with Crippen molar-refractivity contribution in [1.82, 2.24) is 9.80 Å². The van der Waals surface area contributed by atoms with Crippen LogP contribution in [0.15, 0.2) is 18.2 Å². The Balaban J connectivity index is 1.83. The number of piperazine rings is 1. The van der Waals surface area contributed by atoms with Crippen molar-refractivity contribution in [3.63, 3.8) is 0 Å². The highest BCUT2D eigenvalue weighted by Crippen LogP contribution is 2.52. The number of rotatable bonds is 1. The first-order valence-corrected chi connectivity index (χ1v) is 8.45. The van der Waals surface area contributed by atoms with Crippen molar-refractivity contribution in [2.45, 2.75) is 30.3 Å². The number of carbonyl (C=O) groups is 2. The molecule has 2 fully saturated rings. The lowest BCUT2D eigenvalue weighted by Crippen LogP contribution is -2.65. The van der Waals surface area contributed by atoms with Crippen LogP contribution < -0.4 is 9.47 Å². The normalized spacial score (nSPS) is 33.4. The summed E-state index contributed by atoms with van der Waals surface area (Å²) in [5.74, 6) is 0.196. The minimum absolute atomic E-state index is 0.143. The quantitative estimate of drug-likeness (QED) is 0.765. The fraction of sp³-hybridized carbons (Fsp3) is 0.471. The molecule has 4 unspecified atom stereocenters. The predicted molar refractivity (Wildman–Crippen MR) is 89.8 cm³/mol. The molecule has 7 nitrogen and oxygen atoms in total. The molecule has 3 heterocycles. The topological polar surface area (TPSA) is 82.9 Å².